The quantitative estimate of drug-likeness (QED) is 0.661. The monoisotopic (exact) mass is 342 g/mol. The Hall–Kier alpha value is -1.79. The number of rotatable bonds is 5. The van der Waals surface area contributed by atoms with E-state index in [2.05, 4.69) is 50.5 Å². The van der Waals surface area contributed by atoms with E-state index in [0.717, 1.165) is 43.0 Å². The average molecular weight is 342 g/mol. The van der Waals surface area contributed by atoms with Crippen molar-refractivity contribution in [3.8, 4) is 0 Å². The summed E-state index contributed by atoms with van der Waals surface area (Å²) in [6.45, 7) is 3.53. The molecule has 1 saturated carbocycles. The number of aromatic nitrogens is 2. The van der Waals surface area contributed by atoms with Crippen LogP contribution in [0.5, 0.6) is 0 Å². The van der Waals surface area contributed by atoms with Crippen molar-refractivity contribution in [1.82, 2.24) is 9.97 Å². The van der Waals surface area contributed by atoms with E-state index in [1.165, 1.54) is 24.2 Å². The maximum Gasteiger partial charge on any atom is 0.189 e. The molecule has 5 nitrogen and oxygen atoms in total. The zero-order chi connectivity index (χ0) is 16.4. The second kappa shape index (κ2) is 6.99. The third-order valence-electron chi connectivity index (χ3n) is 4.42. The molecule has 2 heterocycles. The summed E-state index contributed by atoms with van der Waals surface area (Å²) in [5.74, 6) is 1.51. The molecule has 0 atom stereocenters. The minimum Gasteiger partial charge on any atom is -0.378 e. The first-order valence-corrected chi connectivity index (χ1v) is 9.67. The second-order valence-corrected chi connectivity index (χ2v) is 6.98. The molecule has 2 aliphatic rings. The molecule has 0 unspecified atom stereocenters. The van der Waals surface area contributed by atoms with Crippen LogP contribution >= 0.6 is 11.8 Å². The Balaban J connectivity index is 1.49. The van der Waals surface area contributed by atoms with Gasteiger partial charge in [0, 0.05) is 36.4 Å². The van der Waals surface area contributed by atoms with Crippen LogP contribution in [0.4, 0.5) is 17.2 Å². The lowest BCUT2D eigenvalue weighted by Crippen LogP contribution is -2.36. The summed E-state index contributed by atoms with van der Waals surface area (Å²) < 4.78 is 5.41. The van der Waals surface area contributed by atoms with Crippen LogP contribution in [0.2, 0.25) is 0 Å². The number of anilines is 3. The lowest BCUT2D eigenvalue weighted by molar-refractivity contribution is 0.122. The van der Waals surface area contributed by atoms with Gasteiger partial charge in [0.1, 0.15) is 5.82 Å². The zero-order valence-corrected chi connectivity index (χ0v) is 14.7. The van der Waals surface area contributed by atoms with Crippen molar-refractivity contribution in [2.45, 2.75) is 23.9 Å². The minimum absolute atomic E-state index is 0.628. The molecule has 0 amide bonds. The molecule has 24 heavy (non-hydrogen) atoms. The largest absolute Gasteiger partial charge is 0.378 e. The molecule has 6 heteroatoms. The van der Waals surface area contributed by atoms with E-state index in [9.17, 15) is 0 Å². The number of hydrogen-bond acceptors (Lipinski definition) is 6. The van der Waals surface area contributed by atoms with Gasteiger partial charge in [-0.3, -0.25) is 0 Å². The van der Waals surface area contributed by atoms with E-state index in [1.807, 2.05) is 6.26 Å². The number of hydrogen-bond donors (Lipinski definition) is 1. The van der Waals surface area contributed by atoms with Crippen LogP contribution in [0, 0.1) is 0 Å². The van der Waals surface area contributed by atoms with Crippen molar-refractivity contribution < 1.29 is 4.74 Å². The van der Waals surface area contributed by atoms with Gasteiger partial charge < -0.3 is 15.0 Å². The topological polar surface area (TPSA) is 50.3 Å². The van der Waals surface area contributed by atoms with Gasteiger partial charge in [-0.05, 0) is 43.4 Å². The fraction of sp³-hybridized carbons (Fsp3) is 0.444. The normalized spacial score (nSPS) is 17.8. The Kier molecular flexibility index (Phi) is 4.58. The van der Waals surface area contributed by atoms with Crippen LogP contribution < -0.4 is 10.2 Å². The minimum atomic E-state index is 0.628. The molecular weight excluding hydrogens is 320 g/mol. The van der Waals surface area contributed by atoms with Crippen molar-refractivity contribution >= 4 is 29.0 Å². The highest BCUT2D eigenvalue weighted by Gasteiger charge is 2.26. The van der Waals surface area contributed by atoms with Gasteiger partial charge in [0.15, 0.2) is 5.16 Å². The smallest absolute Gasteiger partial charge is 0.189 e. The molecule has 1 aliphatic carbocycles. The number of thioether (sulfide) groups is 1. The zero-order valence-electron chi connectivity index (χ0n) is 13.9. The van der Waals surface area contributed by atoms with E-state index < -0.39 is 0 Å². The first-order valence-electron chi connectivity index (χ1n) is 8.44. The SMILES string of the molecule is CSc1nc(Nc2ccc(N3CCOCC3)cc2)cc(C2CC2)n1. The van der Waals surface area contributed by atoms with E-state index in [4.69, 9.17) is 4.74 Å². The highest BCUT2D eigenvalue weighted by molar-refractivity contribution is 7.98. The van der Waals surface area contributed by atoms with Crippen LogP contribution in [0.3, 0.4) is 0 Å². The Morgan fingerprint density at radius 3 is 2.54 bits per heavy atom. The summed E-state index contributed by atoms with van der Waals surface area (Å²) in [5.41, 5.74) is 3.47. The fourth-order valence-electron chi connectivity index (χ4n) is 2.91. The van der Waals surface area contributed by atoms with E-state index in [1.54, 1.807) is 11.8 Å². The van der Waals surface area contributed by atoms with Crippen LogP contribution in [-0.2, 0) is 4.74 Å². The van der Waals surface area contributed by atoms with E-state index >= 15 is 0 Å². The van der Waals surface area contributed by atoms with Crippen molar-refractivity contribution in [3.63, 3.8) is 0 Å². The third-order valence-corrected chi connectivity index (χ3v) is 4.97. The summed E-state index contributed by atoms with van der Waals surface area (Å²) in [6.07, 6.45) is 4.52. The van der Waals surface area contributed by atoms with Gasteiger partial charge in [-0.1, -0.05) is 11.8 Å². The van der Waals surface area contributed by atoms with Crippen molar-refractivity contribution in [2.24, 2.45) is 0 Å². The van der Waals surface area contributed by atoms with Gasteiger partial charge in [-0.25, -0.2) is 9.97 Å². The average Bonchev–Trinajstić information content (AvgIpc) is 3.48. The predicted octanol–water partition coefficient (Wildman–Crippen LogP) is 3.66. The summed E-state index contributed by atoms with van der Waals surface area (Å²) in [5, 5.41) is 4.26. The van der Waals surface area contributed by atoms with Crippen molar-refractivity contribution in [1.29, 1.82) is 0 Å². The maximum atomic E-state index is 5.41. The van der Waals surface area contributed by atoms with Gasteiger partial charge in [-0.2, -0.15) is 0 Å². The Morgan fingerprint density at radius 2 is 1.88 bits per heavy atom. The Bertz CT molecular complexity index is 697. The third kappa shape index (κ3) is 3.65. The molecule has 0 radical (unpaired) electrons. The van der Waals surface area contributed by atoms with Crippen LogP contribution in [0.15, 0.2) is 35.5 Å². The van der Waals surface area contributed by atoms with Gasteiger partial charge in [0.25, 0.3) is 0 Å². The molecule has 0 bridgehead atoms. The molecule has 1 aromatic heterocycles. The highest BCUT2D eigenvalue weighted by atomic mass is 32.2. The van der Waals surface area contributed by atoms with Gasteiger partial charge >= 0.3 is 0 Å². The second-order valence-electron chi connectivity index (χ2n) is 6.21. The van der Waals surface area contributed by atoms with Crippen LogP contribution in [-0.4, -0.2) is 42.5 Å². The van der Waals surface area contributed by atoms with E-state index in [0.29, 0.717) is 5.92 Å². The summed E-state index contributed by atoms with van der Waals surface area (Å²) in [7, 11) is 0. The van der Waals surface area contributed by atoms with Gasteiger partial charge in [0.05, 0.1) is 18.9 Å². The maximum absolute atomic E-state index is 5.41. The highest BCUT2D eigenvalue weighted by Crippen LogP contribution is 2.40. The standard InChI is InChI=1S/C18H22N4OS/c1-24-18-20-16(13-2-3-13)12-17(21-18)19-14-4-6-15(7-5-14)22-8-10-23-11-9-22/h4-7,12-13H,2-3,8-11H2,1H3,(H,19,20,21). The Morgan fingerprint density at radius 1 is 1.12 bits per heavy atom. The predicted molar refractivity (Wildman–Crippen MR) is 98.5 cm³/mol. The molecule has 1 aromatic carbocycles. The molecule has 0 spiro atoms. The molecule has 2 fully saturated rings. The first kappa shape index (κ1) is 15.7. The molecular formula is C18H22N4OS. The van der Waals surface area contributed by atoms with Gasteiger partial charge in [0.2, 0.25) is 0 Å². The van der Waals surface area contributed by atoms with E-state index in [-0.39, 0.29) is 0 Å². The molecule has 126 valence electrons. The van der Waals surface area contributed by atoms with Crippen molar-refractivity contribution in [3.05, 3.63) is 36.0 Å². The molecule has 1 saturated heterocycles. The molecule has 1 aliphatic heterocycles. The number of nitrogens with zero attached hydrogens (tertiary/aromatic N) is 3. The van der Waals surface area contributed by atoms with Crippen molar-refractivity contribution in [2.75, 3.05) is 42.8 Å². The first-order chi connectivity index (χ1) is 11.8. The Labute approximate surface area is 146 Å². The number of morpholine rings is 1. The lowest BCUT2D eigenvalue weighted by Gasteiger charge is -2.28. The molecule has 1 N–H and O–H groups in total. The molecule has 4 rings (SSSR count). The van der Waals surface area contributed by atoms with Gasteiger partial charge in [-0.15, -0.1) is 0 Å². The lowest BCUT2D eigenvalue weighted by atomic mass is 10.2. The number of benzene rings is 1. The van der Waals surface area contributed by atoms with Crippen LogP contribution in [0.1, 0.15) is 24.5 Å². The van der Waals surface area contributed by atoms with Crippen LogP contribution in [0.25, 0.3) is 0 Å². The molecule has 2 aromatic rings. The number of nitrogens with one attached hydrogen (secondary N) is 1. The fourth-order valence-corrected chi connectivity index (χ4v) is 3.30. The summed E-state index contributed by atoms with van der Waals surface area (Å²) >= 11 is 1.59. The number of ether oxygens (including phenoxy) is 1. The summed E-state index contributed by atoms with van der Waals surface area (Å²) in [4.78, 5) is 11.6. The summed E-state index contributed by atoms with van der Waals surface area (Å²) in [6, 6.07) is 10.6.